The summed E-state index contributed by atoms with van der Waals surface area (Å²) in [6, 6.07) is 0.632. The molecule has 0 heterocycles. The molecule has 0 saturated heterocycles. The van der Waals surface area contributed by atoms with Crippen molar-refractivity contribution in [2.45, 2.75) is 76.9 Å². The van der Waals surface area contributed by atoms with Crippen molar-refractivity contribution in [3.05, 3.63) is 0 Å². The molecule has 0 spiro atoms. The molecule has 2 fully saturated rings. The number of hydrogen-bond donors (Lipinski definition) is 1. The molecule has 3 unspecified atom stereocenters. The van der Waals surface area contributed by atoms with Gasteiger partial charge in [0.1, 0.15) is 0 Å². The van der Waals surface area contributed by atoms with Crippen LogP contribution in [0, 0.1) is 11.8 Å². The van der Waals surface area contributed by atoms with Crippen LogP contribution in [0.1, 0.15) is 64.7 Å². The second-order valence-electron chi connectivity index (χ2n) is 6.65. The van der Waals surface area contributed by atoms with E-state index in [1.807, 2.05) is 0 Å². The lowest BCUT2D eigenvalue weighted by Gasteiger charge is -2.40. The van der Waals surface area contributed by atoms with Gasteiger partial charge in [0, 0.05) is 6.04 Å². The van der Waals surface area contributed by atoms with E-state index in [1.165, 1.54) is 51.5 Å². The fourth-order valence-corrected chi connectivity index (χ4v) is 3.64. The van der Waals surface area contributed by atoms with Gasteiger partial charge in [0.25, 0.3) is 0 Å². The molecule has 18 heavy (non-hydrogen) atoms. The van der Waals surface area contributed by atoms with Crippen molar-refractivity contribution in [3.63, 3.8) is 0 Å². The summed E-state index contributed by atoms with van der Waals surface area (Å²) in [5, 5.41) is 9.91. The zero-order valence-electron chi connectivity index (χ0n) is 12.3. The lowest BCUT2D eigenvalue weighted by Crippen LogP contribution is -2.44. The highest BCUT2D eigenvalue weighted by Gasteiger charge is 2.31. The monoisotopic (exact) mass is 253 g/mol. The number of rotatable bonds is 7. The molecule has 0 radical (unpaired) electrons. The van der Waals surface area contributed by atoms with Gasteiger partial charge in [0.05, 0.1) is 6.10 Å². The first-order valence-corrected chi connectivity index (χ1v) is 8.09. The maximum absolute atomic E-state index is 9.91. The second-order valence-corrected chi connectivity index (χ2v) is 6.65. The molecule has 106 valence electrons. The van der Waals surface area contributed by atoms with Crippen LogP contribution < -0.4 is 0 Å². The summed E-state index contributed by atoms with van der Waals surface area (Å²) in [7, 11) is 2.28. The minimum Gasteiger partial charge on any atom is -0.393 e. The van der Waals surface area contributed by atoms with Gasteiger partial charge in [-0.05, 0) is 64.0 Å². The SMILES string of the molecule is CCCC1CCC(O)CC1N(C)CCCC1CC1. The van der Waals surface area contributed by atoms with Crippen LogP contribution >= 0.6 is 0 Å². The Hall–Kier alpha value is -0.0800. The summed E-state index contributed by atoms with van der Waals surface area (Å²) in [6.45, 7) is 3.52. The van der Waals surface area contributed by atoms with Crippen molar-refractivity contribution in [2.75, 3.05) is 13.6 Å². The van der Waals surface area contributed by atoms with Gasteiger partial charge >= 0.3 is 0 Å². The predicted molar refractivity (Wildman–Crippen MR) is 76.6 cm³/mol. The van der Waals surface area contributed by atoms with E-state index in [4.69, 9.17) is 0 Å². The van der Waals surface area contributed by atoms with Gasteiger partial charge in [-0.2, -0.15) is 0 Å². The van der Waals surface area contributed by atoms with Crippen LogP contribution in [0.25, 0.3) is 0 Å². The molecule has 0 aromatic rings. The number of nitrogens with zero attached hydrogens (tertiary/aromatic N) is 1. The zero-order valence-corrected chi connectivity index (χ0v) is 12.3. The first kappa shape index (κ1) is 14.3. The van der Waals surface area contributed by atoms with Gasteiger partial charge in [0.2, 0.25) is 0 Å². The van der Waals surface area contributed by atoms with E-state index < -0.39 is 0 Å². The van der Waals surface area contributed by atoms with Gasteiger partial charge in [-0.15, -0.1) is 0 Å². The average molecular weight is 253 g/mol. The number of hydrogen-bond acceptors (Lipinski definition) is 2. The maximum atomic E-state index is 9.91. The number of aliphatic hydroxyl groups is 1. The quantitative estimate of drug-likeness (QED) is 0.751. The highest BCUT2D eigenvalue weighted by atomic mass is 16.3. The fraction of sp³-hybridized carbons (Fsp3) is 1.00. The molecule has 0 aromatic carbocycles. The van der Waals surface area contributed by atoms with Crippen LogP contribution in [-0.2, 0) is 0 Å². The average Bonchev–Trinajstić information content (AvgIpc) is 3.15. The molecule has 2 heteroatoms. The van der Waals surface area contributed by atoms with Crippen molar-refractivity contribution in [1.82, 2.24) is 4.90 Å². The van der Waals surface area contributed by atoms with Crippen molar-refractivity contribution < 1.29 is 5.11 Å². The molecule has 2 nitrogen and oxygen atoms in total. The molecule has 1 N–H and O–H groups in total. The van der Waals surface area contributed by atoms with E-state index >= 15 is 0 Å². The van der Waals surface area contributed by atoms with Gasteiger partial charge in [-0.3, -0.25) is 0 Å². The summed E-state index contributed by atoms with van der Waals surface area (Å²) >= 11 is 0. The molecule has 2 aliphatic carbocycles. The summed E-state index contributed by atoms with van der Waals surface area (Å²) in [4.78, 5) is 2.55. The van der Waals surface area contributed by atoms with E-state index in [-0.39, 0.29) is 6.10 Å². The van der Waals surface area contributed by atoms with Crippen LogP contribution in [0.15, 0.2) is 0 Å². The Morgan fingerprint density at radius 1 is 1.11 bits per heavy atom. The van der Waals surface area contributed by atoms with Crippen LogP contribution in [0.3, 0.4) is 0 Å². The molecule has 2 aliphatic rings. The Morgan fingerprint density at radius 2 is 1.89 bits per heavy atom. The minimum atomic E-state index is -0.0472. The Balaban J connectivity index is 1.76. The largest absolute Gasteiger partial charge is 0.393 e. The van der Waals surface area contributed by atoms with E-state index in [0.717, 1.165) is 24.7 Å². The normalized spacial score (nSPS) is 33.0. The topological polar surface area (TPSA) is 23.5 Å². The van der Waals surface area contributed by atoms with Gasteiger partial charge in [-0.25, -0.2) is 0 Å². The minimum absolute atomic E-state index is 0.0472. The van der Waals surface area contributed by atoms with E-state index in [9.17, 15) is 5.11 Å². The second kappa shape index (κ2) is 6.91. The van der Waals surface area contributed by atoms with Crippen molar-refractivity contribution in [2.24, 2.45) is 11.8 Å². The van der Waals surface area contributed by atoms with Crippen LogP contribution in [-0.4, -0.2) is 35.7 Å². The molecule has 0 bridgehead atoms. The van der Waals surface area contributed by atoms with Gasteiger partial charge in [-0.1, -0.05) is 26.2 Å². The summed E-state index contributed by atoms with van der Waals surface area (Å²) in [6.07, 6.45) is 11.6. The van der Waals surface area contributed by atoms with Gasteiger partial charge in [0.15, 0.2) is 0 Å². The van der Waals surface area contributed by atoms with E-state index in [0.29, 0.717) is 6.04 Å². The third-order valence-electron chi connectivity index (χ3n) is 4.97. The molecular formula is C16H31NO. The van der Waals surface area contributed by atoms with Crippen LogP contribution in [0.5, 0.6) is 0 Å². The van der Waals surface area contributed by atoms with Gasteiger partial charge < -0.3 is 10.0 Å². The summed E-state index contributed by atoms with van der Waals surface area (Å²) < 4.78 is 0. The third kappa shape index (κ3) is 4.24. The van der Waals surface area contributed by atoms with Crippen molar-refractivity contribution in [1.29, 1.82) is 0 Å². The third-order valence-corrected chi connectivity index (χ3v) is 4.97. The molecule has 3 atom stereocenters. The first-order valence-electron chi connectivity index (χ1n) is 8.09. The van der Waals surface area contributed by atoms with Crippen LogP contribution in [0.4, 0.5) is 0 Å². The summed E-state index contributed by atoms with van der Waals surface area (Å²) in [5.41, 5.74) is 0. The molecule has 2 rings (SSSR count). The van der Waals surface area contributed by atoms with Crippen molar-refractivity contribution >= 4 is 0 Å². The lowest BCUT2D eigenvalue weighted by atomic mass is 9.79. The Bertz CT molecular complexity index is 239. The van der Waals surface area contributed by atoms with E-state index in [1.54, 1.807) is 0 Å². The highest BCUT2D eigenvalue weighted by molar-refractivity contribution is 4.86. The highest BCUT2D eigenvalue weighted by Crippen LogP contribution is 2.34. The fourth-order valence-electron chi connectivity index (χ4n) is 3.64. The molecular weight excluding hydrogens is 222 g/mol. The standard InChI is InChI=1S/C16H31NO/c1-3-5-14-9-10-15(18)12-16(14)17(2)11-4-6-13-7-8-13/h13-16,18H,3-12H2,1-2H3. The first-order chi connectivity index (χ1) is 8.70. The summed E-state index contributed by atoms with van der Waals surface area (Å²) in [5.74, 6) is 1.88. The maximum Gasteiger partial charge on any atom is 0.0555 e. The van der Waals surface area contributed by atoms with E-state index in [2.05, 4.69) is 18.9 Å². The van der Waals surface area contributed by atoms with Crippen molar-refractivity contribution in [3.8, 4) is 0 Å². The predicted octanol–water partition coefficient (Wildman–Crippen LogP) is 3.44. The molecule has 0 amide bonds. The Kier molecular flexibility index (Phi) is 5.50. The zero-order chi connectivity index (χ0) is 13.0. The molecule has 0 aliphatic heterocycles. The van der Waals surface area contributed by atoms with Crippen LogP contribution in [0.2, 0.25) is 0 Å². The molecule has 2 saturated carbocycles. The Morgan fingerprint density at radius 3 is 2.56 bits per heavy atom. The number of aliphatic hydroxyl groups excluding tert-OH is 1. The smallest absolute Gasteiger partial charge is 0.0555 e. The lowest BCUT2D eigenvalue weighted by molar-refractivity contribution is 0.0340. The Labute approximate surface area is 113 Å². The molecule has 0 aromatic heterocycles.